The number of piperazine rings is 1. The lowest BCUT2D eigenvalue weighted by Crippen LogP contribution is -2.62. The van der Waals surface area contributed by atoms with E-state index in [9.17, 15) is 47.9 Å². The summed E-state index contributed by atoms with van der Waals surface area (Å²) in [5.74, 6) is -8.50. The van der Waals surface area contributed by atoms with Gasteiger partial charge in [0, 0.05) is 63.0 Å². The van der Waals surface area contributed by atoms with Crippen LogP contribution in [0, 0.1) is 10.8 Å². The van der Waals surface area contributed by atoms with Crippen LogP contribution in [0.5, 0.6) is 0 Å². The fourth-order valence-electron chi connectivity index (χ4n) is 9.89. The minimum absolute atomic E-state index is 0.000167. The fourth-order valence-corrected chi connectivity index (χ4v) is 9.89. The summed E-state index contributed by atoms with van der Waals surface area (Å²) in [7, 11) is 0. The van der Waals surface area contributed by atoms with Gasteiger partial charge in [-0.05, 0) is 67.7 Å². The first-order valence-corrected chi connectivity index (χ1v) is 28.1. The number of hydrogen-bond acceptors (Lipinski definition) is 13. The topological polar surface area (TPSA) is 445 Å². The van der Waals surface area contributed by atoms with E-state index in [0.717, 1.165) is 10.9 Å². The minimum Gasteiger partial charge on any atom is -0.374 e. The van der Waals surface area contributed by atoms with Gasteiger partial charge in [0.25, 0.3) is 0 Å². The Hall–Kier alpha value is -9.60. The zero-order valence-electron chi connectivity index (χ0n) is 47.3. The second-order valence-corrected chi connectivity index (χ2v) is 20.8. The maximum absolute atomic E-state index is 14.8. The number of rotatable bonds is 19. The summed E-state index contributed by atoms with van der Waals surface area (Å²) in [4.78, 5) is 145. The Balaban J connectivity index is 1.33. The molecule has 1 unspecified atom stereocenters. The van der Waals surface area contributed by atoms with Crippen LogP contribution in [-0.2, 0) is 65.7 Å². The number of carbonyl (C=O) groups is 10. The van der Waals surface area contributed by atoms with Gasteiger partial charge in [0.1, 0.15) is 42.3 Å². The smallest absolute Gasteiger partial charge is 0.247 e. The van der Waals surface area contributed by atoms with Crippen molar-refractivity contribution in [2.24, 2.45) is 17.2 Å². The third kappa shape index (κ3) is 20.4. The van der Waals surface area contributed by atoms with E-state index in [2.05, 4.69) is 58.2 Å². The highest BCUT2D eigenvalue weighted by Crippen LogP contribution is 2.21. The molecule has 2 saturated heterocycles. The number of ether oxygens (including phenoxy) is 1. The monoisotopic (exact) mass is 1180 g/mol. The number of nitrogens with one attached hydrogen (secondary N) is 13. The number of primary amides is 1. The highest BCUT2D eigenvalue weighted by molar-refractivity contribution is 5.99. The van der Waals surface area contributed by atoms with Crippen molar-refractivity contribution in [2.45, 2.75) is 126 Å². The predicted molar refractivity (Wildman–Crippen MR) is 312 cm³/mol. The van der Waals surface area contributed by atoms with Crippen molar-refractivity contribution >= 4 is 81.9 Å². The molecule has 2 fully saturated rings. The molecular formula is C57H77N17O11. The molecule has 2 aliphatic heterocycles. The molecule has 4 aromatic rings. The van der Waals surface area contributed by atoms with E-state index < -0.39 is 127 Å². The van der Waals surface area contributed by atoms with E-state index in [-0.39, 0.29) is 95.2 Å². The van der Waals surface area contributed by atoms with Crippen LogP contribution in [0.1, 0.15) is 87.4 Å². The summed E-state index contributed by atoms with van der Waals surface area (Å²) in [6.07, 6.45) is 1.58. The van der Waals surface area contributed by atoms with Gasteiger partial charge in [-0.1, -0.05) is 78.9 Å². The quantitative estimate of drug-likeness (QED) is 0.0275. The Kier molecular flexibility index (Phi) is 24.5. The predicted octanol–water partition coefficient (Wildman–Crippen LogP) is -1.98. The molecule has 8 atom stereocenters. The molecule has 0 bridgehead atoms. The molecular weight excluding hydrogens is 1100 g/mol. The fraction of sp³-hybridized carbons (Fsp3) is 0.439. The van der Waals surface area contributed by atoms with Crippen LogP contribution >= 0.6 is 0 Å². The number of nitrogens with two attached hydrogens (primary N) is 3. The maximum atomic E-state index is 14.8. The summed E-state index contributed by atoms with van der Waals surface area (Å²) >= 11 is 0. The average molecular weight is 1180 g/mol. The van der Waals surface area contributed by atoms with Gasteiger partial charge in [-0.15, -0.1) is 0 Å². The lowest BCUT2D eigenvalue weighted by atomic mass is 10.0. The number of H-pyrrole nitrogens is 1. The Morgan fingerprint density at radius 2 is 1.31 bits per heavy atom. The molecule has 6 rings (SSSR count). The normalized spacial score (nSPS) is 22.4. The summed E-state index contributed by atoms with van der Waals surface area (Å²) < 4.78 is 5.99. The van der Waals surface area contributed by atoms with Crippen LogP contribution in [-0.4, -0.2) is 156 Å². The van der Waals surface area contributed by atoms with Crippen molar-refractivity contribution in [3.8, 4) is 0 Å². The van der Waals surface area contributed by atoms with Crippen LogP contribution < -0.4 is 70.4 Å². The number of aromatic nitrogens is 1. The van der Waals surface area contributed by atoms with Crippen LogP contribution in [0.15, 0.2) is 91.1 Å². The molecule has 0 saturated carbocycles. The van der Waals surface area contributed by atoms with Gasteiger partial charge < -0.3 is 85.0 Å². The average Bonchev–Trinajstić information content (AvgIpc) is 4.17. The molecule has 3 aromatic carbocycles. The van der Waals surface area contributed by atoms with Crippen LogP contribution in [0.25, 0.3) is 10.9 Å². The molecule has 85 heavy (non-hydrogen) atoms. The lowest BCUT2D eigenvalue weighted by molar-refractivity contribution is -0.144. The van der Waals surface area contributed by atoms with Crippen molar-refractivity contribution in [3.63, 3.8) is 0 Å². The molecule has 0 aliphatic carbocycles. The van der Waals surface area contributed by atoms with Gasteiger partial charge >= 0.3 is 0 Å². The maximum Gasteiger partial charge on any atom is 0.247 e. The first kappa shape index (κ1) is 64.6. The third-order valence-electron chi connectivity index (χ3n) is 14.3. The Labute approximate surface area is 490 Å². The largest absolute Gasteiger partial charge is 0.374 e. The molecule has 1 aromatic heterocycles. The van der Waals surface area contributed by atoms with Gasteiger partial charge in [-0.2, -0.15) is 0 Å². The highest BCUT2D eigenvalue weighted by atomic mass is 16.5. The molecule has 3 heterocycles. The Morgan fingerprint density at radius 1 is 0.682 bits per heavy atom. The minimum atomic E-state index is -1.68. The number of nitrogens with zero attached hydrogens (tertiary/aromatic N) is 1. The van der Waals surface area contributed by atoms with Crippen molar-refractivity contribution in [1.82, 2.24) is 63.1 Å². The summed E-state index contributed by atoms with van der Waals surface area (Å²) in [5.41, 5.74) is 19.1. The molecule has 10 amide bonds. The number of benzene rings is 3. The number of carbonyl (C=O) groups excluding carboxylic acids is 10. The second-order valence-electron chi connectivity index (χ2n) is 20.8. The molecule has 2 aliphatic rings. The van der Waals surface area contributed by atoms with Gasteiger partial charge in [0.15, 0.2) is 11.9 Å². The number of hydrogen-bond donors (Lipinski definition) is 16. The van der Waals surface area contributed by atoms with Crippen LogP contribution in [0.3, 0.4) is 0 Å². The third-order valence-corrected chi connectivity index (χ3v) is 14.3. The van der Waals surface area contributed by atoms with Crippen molar-refractivity contribution in [1.29, 1.82) is 10.8 Å². The molecule has 456 valence electrons. The molecule has 0 radical (unpaired) electrons. The van der Waals surface area contributed by atoms with Gasteiger partial charge in [-0.25, -0.2) is 0 Å². The van der Waals surface area contributed by atoms with E-state index in [1.54, 1.807) is 72.9 Å². The van der Waals surface area contributed by atoms with Gasteiger partial charge in [0.05, 0.1) is 25.7 Å². The van der Waals surface area contributed by atoms with Crippen molar-refractivity contribution < 1.29 is 52.7 Å². The van der Waals surface area contributed by atoms with Gasteiger partial charge in [0.2, 0.25) is 59.1 Å². The number of amides is 10. The Bertz CT molecular complexity index is 3020. The van der Waals surface area contributed by atoms with E-state index in [0.29, 0.717) is 17.5 Å². The van der Waals surface area contributed by atoms with Crippen LogP contribution in [0.2, 0.25) is 0 Å². The Morgan fingerprint density at radius 3 is 1.99 bits per heavy atom. The van der Waals surface area contributed by atoms with Gasteiger partial charge in [-0.3, -0.25) is 58.8 Å². The number of guanidine groups is 2. The van der Waals surface area contributed by atoms with Crippen molar-refractivity contribution in [2.75, 3.05) is 32.8 Å². The molecule has 0 spiro atoms. The number of fused-ring (bicyclic) bond motifs is 1. The second kappa shape index (κ2) is 32.3. The van der Waals surface area contributed by atoms with E-state index in [1.807, 2.05) is 18.2 Å². The first-order valence-electron chi connectivity index (χ1n) is 28.1. The lowest BCUT2D eigenvalue weighted by Gasteiger charge is -2.39. The standard InChI is InChI=1S/C57H77N17O11/c1-33(75)74-30-37(67-54(83)45(74)22-13-25-65-57(61)62)27-47(77)68-43-28-46(76)63-23-11-10-20-40(49(58)78)69-51(80)42(26-36-29-66-39-19-9-8-18-38(36)39)71-50(79)41(21-12-24-64-56(59)60)70-55(84)48(35-16-6-3-7-17-35)73-53(82)44(72-52(43)81)32-85-31-34-14-4-2-5-15-34/h2-9,14-19,29,37,40-45,48,66H,10-13,20-28,30-32H2,1H3,(H2,58,78)(H,63,76)(H,67,83)(H,68,77)(H,69,80)(H,70,84)(H,71,79)(H,72,81)(H,73,82)(H4,59,60,64)(H4,61,62,65)/t37-,40-,41-,42-,43-,44-,45-,48?/m0/s1. The SMILES string of the molecule is CC(=O)N1C[C@H](CC(=O)N[C@H]2CC(=O)NCCCC[C@@H](C(N)=O)NC(=O)[C@H](Cc3c[nH]c4ccccc34)NC(=O)[C@H](CCCNC(=N)N)NC(=O)C(c3ccccc3)NC(=O)[C@H](COCc3ccccc3)NC2=O)NC(=O)[C@@H]1CCCNC(=N)N. The number of aromatic amines is 1. The van der Waals surface area contributed by atoms with E-state index >= 15 is 0 Å². The van der Waals surface area contributed by atoms with Crippen molar-refractivity contribution in [3.05, 3.63) is 108 Å². The summed E-state index contributed by atoms with van der Waals surface area (Å²) in [6.45, 7) is 1.01. The molecule has 28 nitrogen and oxygen atoms in total. The van der Waals surface area contributed by atoms with Crippen LogP contribution in [0.4, 0.5) is 0 Å². The number of para-hydroxylation sites is 1. The first-order chi connectivity index (χ1) is 40.8. The summed E-state index contributed by atoms with van der Waals surface area (Å²) in [5, 5.41) is 42.7. The van der Waals surface area contributed by atoms with E-state index in [1.165, 1.54) is 11.8 Å². The molecule has 19 N–H and O–H groups in total. The molecule has 28 heteroatoms. The van der Waals surface area contributed by atoms with E-state index in [4.69, 9.17) is 32.8 Å². The zero-order valence-corrected chi connectivity index (χ0v) is 47.3. The highest BCUT2D eigenvalue weighted by Gasteiger charge is 2.39. The summed E-state index contributed by atoms with van der Waals surface area (Å²) in [6, 6.07) is 13.4. The zero-order chi connectivity index (χ0) is 61.4.